The highest BCUT2D eigenvalue weighted by molar-refractivity contribution is 5.66. The largest absolute Gasteiger partial charge is 0.462 e. The fraction of sp³-hybridized carbons (Fsp3) is 0.722. The van der Waals surface area contributed by atoms with Crippen LogP contribution < -0.4 is 0 Å². The van der Waals surface area contributed by atoms with Gasteiger partial charge in [0.15, 0.2) is 0 Å². The summed E-state index contributed by atoms with van der Waals surface area (Å²) in [6.07, 6.45) is 9.45. The van der Waals surface area contributed by atoms with Gasteiger partial charge in [-0.15, -0.1) is 0 Å². The fourth-order valence-electron chi connectivity index (χ4n) is 3.17. The summed E-state index contributed by atoms with van der Waals surface area (Å²) < 4.78 is 4.93. The molecule has 0 aliphatic heterocycles. The maximum Gasteiger partial charge on any atom is 0.302 e. The maximum absolute atomic E-state index is 10.7. The van der Waals surface area contributed by atoms with Crippen LogP contribution >= 0.6 is 0 Å². The number of hydrogen-bond acceptors (Lipinski definition) is 2. The number of ether oxygens (including phenoxy) is 1. The lowest BCUT2D eigenvalue weighted by molar-refractivity contribution is -0.139. The minimum atomic E-state index is -0.209. The molecule has 0 bridgehead atoms. The van der Waals surface area contributed by atoms with E-state index in [0.717, 1.165) is 6.42 Å². The quantitative estimate of drug-likeness (QED) is 0.493. The molecule has 0 fully saturated rings. The second kappa shape index (κ2) is 7.66. The predicted molar refractivity (Wildman–Crippen MR) is 84.6 cm³/mol. The van der Waals surface area contributed by atoms with E-state index in [1.807, 2.05) is 6.08 Å². The van der Waals surface area contributed by atoms with Crippen LogP contribution in [0.4, 0.5) is 0 Å². The third-order valence-electron chi connectivity index (χ3n) is 4.40. The van der Waals surface area contributed by atoms with Crippen molar-refractivity contribution in [1.29, 1.82) is 0 Å². The van der Waals surface area contributed by atoms with Gasteiger partial charge in [-0.3, -0.25) is 4.79 Å². The van der Waals surface area contributed by atoms with E-state index in [-0.39, 0.29) is 5.97 Å². The highest BCUT2D eigenvalue weighted by Crippen LogP contribution is 2.42. The molecule has 0 N–H and O–H groups in total. The van der Waals surface area contributed by atoms with Crippen molar-refractivity contribution >= 4 is 5.97 Å². The second-order valence-electron chi connectivity index (χ2n) is 6.70. The zero-order chi connectivity index (χ0) is 15.2. The van der Waals surface area contributed by atoms with Crippen molar-refractivity contribution in [3.63, 3.8) is 0 Å². The van der Waals surface area contributed by atoms with E-state index in [2.05, 4.69) is 27.7 Å². The average molecular weight is 278 g/mol. The Morgan fingerprint density at radius 2 is 2.05 bits per heavy atom. The number of hydrogen-bond donors (Lipinski definition) is 0. The molecule has 0 aromatic rings. The Morgan fingerprint density at radius 3 is 2.65 bits per heavy atom. The summed E-state index contributed by atoms with van der Waals surface area (Å²) in [7, 11) is 0. The topological polar surface area (TPSA) is 26.3 Å². The Bertz CT molecular complexity index is 400. The van der Waals surface area contributed by atoms with E-state index in [0.29, 0.717) is 12.0 Å². The molecule has 0 unspecified atom stereocenters. The molecule has 1 rings (SSSR count). The van der Waals surface area contributed by atoms with Crippen LogP contribution in [-0.2, 0) is 9.53 Å². The van der Waals surface area contributed by atoms with Gasteiger partial charge in [0, 0.05) is 6.92 Å². The molecule has 2 nitrogen and oxygen atoms in total. The zero-order valence-corrected chi connectivity index (χ0v) is 13.8. The lowest BCUT2D eigenvalue weighted by atomic mass is 9.71. The summed E-state index contributed by atoms with van der Waals surface area (Å²) in [6.45, 7) is 11.1. The van der Waals surface area contributed by atoms with Crippen molar-refractivity contribution in [1.82, 2.24) is 0 Å². The first-order chi connectivity index (χ1) is 9.33. The van der Waals surface area contributed by atoms with Gasteiger partial charge in [0.1, 0.15) is 6.61 Å². The van der Waals surface area contributed by atoms with Gasteiger partial charge in [-0.2, -0.15) is 0 Å². The third kappa shape index (κ3) is 5.52. The van der Waals surface area contributed by atoms with E-state index in [1.165, 1.54) is 44.6 Å². The maximum atomic E-state index is 10.7. The number of carbonyl (C=O) groups is 1. The Morgan fingerprint density at radius 1 is 1.35 bits per heavy atom. The molecule has 0 spiro atoms. The number of allylic oxidation sites excluding steroid dienone is 3. The molecule has 0 saturated carbocycles. The SMILES string of the molecule is CC(=O)OC/C=C(\C)CCCC1=C(C)CCCC1(C)C. The third-order valence-corrected chi connectivity index (χ3v) is 4.40. The first-order valence-corrected chi connectivity index (χ1v) is 7.81. The molecule has 0 atom stereocenters. The van der Waals surface area contributed by atoms with Crippen LogP contribution in [0.15, 0.2) is 22.8 Å². The predicted octanol–water partition coefficient (Wildman–Crippen LogP) is 5.19. The Labute approximate surface area is 124 Å². The molecule has 0 aromatic heterocycles. The molecule has 20 heavy (non-hydrogen) atoms. The Balaban J connectivity index is 2.41. The van der Waals surface area contributed by atoms with Gasteiger partial charge in [0.05, 0.1) is 0 Å². The van der Waals surface area contributed by atoms with Crippen LogP contribution in [0.5, 0.6) is 0 Å². The first kappa shape index (κ1) is 17.0. The minimum Gasteiger partial charge on any atom is -0.462 e. The van der Waals surface area contributed by atoms with Crippen LogP contribution in [0.2, 0.25) is 0 Å². The van der Waals surface area contributed by atoms with Crippen LogP contribution in [0.1, 0.15) is 73.1 Å². The minimum absolute atomic E-state index is 0.209. The highest BCUT2D eigenvalue weighted by Gasteiger charge is 2.27. The van der Waals surface area contributed by atoms with Gasteiger partial charge >= 0.3 is 5.97 Å². The van der Waals surface area contributed by atoms with Crippen LogP contribution in [0, 0.1) is 5.41 Å². The molecule has 1 aliphatic rings. The summed E-state index contributed by atoms with van der Waals surface area (Å²) >= 11 is 0. The molecular formula is C18H30O2. The van der Waals surface area contributed by atoms with E-state index >= 15 is 0 Å². The van der Waals surface area contributed by atoms with Crippen LogP contribution in [0.3, 0.4) is 0 Å². The van der Waals surface area contributed by atoms with E-state index in [9.17, 15) is 4.79 Å². The lowest BCUT2D eigenvalue weighted by Gasteiger charge is -2.34. The van der Waals surface area contributed by atoms with E-state index in [4.69, 9.17) is 4.74 Å². The van der Waals surface area contributed by atoms with Gasteiger partial charge in [-0.05, 0) is 63.9 Å². The summed E-state index contributed by atoms with van der Waals surface area (Å²) in [5.41, 5.74) is 5.00. The van der Waals surface area contributed by atoms with Gasteiger partial charge in [0.2, 0.25) is 0 Å². The molecule has 0 amide bonds. The first-order valence-electron chi connectivity index (χ1n) is 7.81. The van der Waals surface area contributed by atoms with Crippen molar-refractivity contribution in [2.45, 2.75) is 73.1 Å². The van der Waals surface area contributed by atoms with Crippen molar-refractivity contribution in [3.8, 4) is 0 Å². The lowest BCUT2D eigenvalue weighted by Crippen LogP contribution is -2.20. The monoisotopic (exact) mass is 278 g/mol. The number of esters is 1. The number of carbonyl (C=O) groups excluding carboxylic acids is 1. The molecule has 0 heterocycles. The molecule has 0 radical (unpaired) electrons. The van der Waals surface area contributed by atoms with Crippen molar-refractivity contribution in [2.24, 2.45) is 5.41 Å². The number of rotatable bonds is 6. The van der Waals surface area contributed by atoms with Crippen molar-refractivity contribution in [3.05, 3.63) is 22.8 Å². The Kier molecular flexibility index (Phi) is 6.51. The zero-order valence-electron chi connectivity index (χ0n) is 13.8. The summed E-state index contributed by atoms with van der Waals surface area (Å²) in [5.74, 6) is -0.209. The molecular weight excluding hydrogens is 248 g/mol. The van der Waals surface area contributed by atoms with Crippen LogP contribution in [-0.4, -0.2) is 12.6 Å². The van der Waals surface area contributed by atoms with Crippen molar-refractivity contribution in [2.75, 3.05) is 6.61 Å². The summed E-state index contributed by atoms with van der Waals surface area (Å²) in [5, 5.41) is 0. The van der Waals surface area contributed by atoms with Gasteiger partial charge in [0.25, 0.3) is 0 Å². The molecule has 2 heteroatoms. The van der Waals surface area contributed by atoms with Gasteiger partial charge in [-0.25, -0.2) is 0 Å². The average Bonchev–Trinajstić information content (AvgIpc) is 2.32. The molecule has 0 saturated heterocycles. The molecule has 1 aliphatic carbocycles. The van der Waals surface area contributed by atoms with Gasteiger partial charge < -0.3 is 4.74 Å². The van der Waals surface area contributed by atoms with Crippen molar-refractivity contribution < 1.29 is 9.53 Å². The molecule has 0 aromatic carbocycles. The normalized spacial score (nSPS) is 19.1. The smallest absolute Gasteiger partial charge is 0.302 e. The van der Waals surface area contributed by atoms with Crippen LogP contribution in [0.25, 0.3) is 0 Å². The second-order valence-corrected chi connectivity index (χ2v) is 6.70. The summed E-state index contributed by atoms with van der Waals surface area (Å²) in [6, 6.07) is 0. The standard InChI is InChI=1S/C18H30O2/c1-14(11-13-20-16(3)19)8-6-10-17-15(2)9-7-12-18(17,4)5/h11H,6-10,12-13H2,1-5H3/b14-11+. The highest BCUT2D eigenvalue weighted by atomic mass is 16.5. The molecule has 114 valence electrons. The Hall–Kier alpha value is -1.05. The van der Waals surface area contributed by atoms with Gasteiger partial charge in [-0.1, -0.05) is 30.6 Å². The van der Waals surface area contributed by atoms with E-state index in [1.54, 1.807) is 11.1 Å². The fourth-order valence-corrected chi connectivity index (χ4v) is 3.17. The summed E-state index contributed by atoms with van der Waals surface area (Å²) in [4.78, 5) is 10.7. The van der Waals surface area contributed by atoms with E-state index < -0.39 is 0 Å².